The van der Waals surface area contributed by atoms with Crippen molar-refractivity contribution in [1.82, 2.24) is 0 Å². The minimum absolute atomic E-state index is 0.139. The van der Waals surface area contributed by atoms with Gasteiger partial charge in [-0.2, -0.15) is 0 Å². The Morgan fingerprint density at radius 1 is 0.851 bits per heavy atom. The van der Waals surface area contributed by atoms with Gasteiger partial charge in [0, 0.05) is 31.1 Å². The average molecular weight is 637 g/mol. The van der Waals surface area contributed by atoms with Crippen molar-refractivity contribution >= 4 is 11.9 Å². The van der Waals surface area contributed by atoms with Crippen LogP contribution in [-0.4, -0.2) is 23.6 Å². The third-order valence-corrected chi connectivity index (χ3v) is 14.9. The highest BCUT2D eigenvalue weighted by Crippen LogP contribution is 2.66. The number of aryl methyl sites for hydroxylation is 1. The lowest BCUT2D eigenvalue weighted by Gasteiger charge is -2.54. The zero-order valence-corrected chi connectivity index (χ0v) is 28.8. The minimum Gasteiger partial charge on any atom is -0.494 e. The second kappa shape index (κ2) is 11.3. The molecule has 0 N–H and O–H groups in total. The van der Waals surface area contributed by atoms with Gasteiger partial charge >= 0.3 is 11.9 Å². The van der Waals surface area contributed by atoms with Gasteiger partial charge in [-0.1, -0.05) is 31.9 Å². The van der Waals surface area contributed by atoms with E-state index in [1.54, 1.807) is 0 Å². The lowest BCUT2D eigenvalue weighted by atomic mass is 9.51. The van der Waals surface area contributed by atoms with E-state index in [0.29, 0.717) is 53.3 Å². The first-order chi connectivity index (χ1) is 22.5. The van der Waals surface area contributed by atoms with E-state index >= 15 is 0 Å². The van der Waals surface area contributed by atoms with Gasteiger partial charge in [-0.3, -0.25) is 9.59 Å². The van der Waals surface area contributed by atoms with E-state index in [1.165, 1.54) is 68.4 Å². The van der Waals surface area contributed by atoms with Crippen LogP contribution in [0.25, 0.3) is 0 Å². The molecule has 0 radical (unpaired) electrons. The minimum atomic E-state index is -0.754. The molecular formula is C42H52O5. The van der Waals surface area contributed by atoms with Crippen molar-refractivity contribution in [3.63, 3.8) is 0 Å². The summed E-state index contributed by atoms with van der Waals surface area (Å²) in [4.78, 5) is 23.6. The molecule has 0 heterocycles. The largest absolute Gasteiger partial charge is 0.494 e. The van der Waals surface area contributed by atoms with E-state index in [1.807, 2.05) is 6.07 Å². The van der Waals surface area contributed by atoms with Crippen LogP contribution in [-0.2, 0) is 25.5 Å². The first-order valence-electron chi connectivity index (χ1n) is 18.6. The zero-order valence-electron chi connectivity index (χ0n) is 28.8. The standard InChI is InChI=1S/C42H52O5/c1-6-42(47-26(3)44)22-19-38-36-12-8-28-24-30(10-14-32(28)34(36)18-21-41(38,42)5)46-39-16-15-37-35-11-7-27-23-29(45-25(2)43)9-13-31(27)33(35)17-20-40(37,39)4/h1,8-9,13,23-24,32-39H,7,10-12,14-22H2,2-5H3/t32-,33+,34+,35+,36+,37-,38-,39-,40-,41-,42-/m0/s1. The number of allylic oxidation sites excluding steroid dienone is 4. The van der Waals surface area contributed by atoms with Crippen LogP contribution >= 0.6 is 0 Å². The molecule has 250 valence electrons. The highest BCUT2D eigenvalue weighted by atomic mass is 16.6. The maximum atomic E-state index is 12.1. The number of rotatable bonds is 4. The molecule has 11 atom stereocenters. The van der Waals surface area contributed by atoms with Crippen LogP contribution in [0.5, 0.6) is 5.75 Å². The number of benzene rings is 1. The van der Waals surface area contributed by atoms with Crippen molar-refractivity contribution in [3.8, 4) is 18.1 Å². The Bertz CT molecular complexity index is 1580. The van der Waals surface area contributed by atoms with Gasteiger partial charge in [0.15, 0.2) is 5.60 Å². The fourth-order valence-corrected chi connectivity index (χ4v) is 12.8. The van der Waals surface area contributed by atoms with Crippen molar-refractivity contribution in [2.75, 3.05) is 0 Å². The van der Waals surface area contributed by atoms with Crippen molar-refractivity contribution in [1.29, 1.82) is 0 Å². The fraction of sp³-hybridized carbons (Fsp3) is 0.667. The fourth-order valence-electron chi connectivity index (χ4n) is 12.8. The van der Waals surface area contributed by atoms with E-state index in [-0.39, 0.29) is 22.8 Å². The Balaban J connectivity index is 0.959. The summed E-state index contributed by atoms with van der Waals surface area (Å²) in [6, 6.07) is 6.35. The molecule has 0 bridgehead atoms. The summed E-state index contributed by atoms with van der Waals surface area (Å²) in [5.41, 5.74) is 3.71. The first kappa shape index (κ1) is 31.3. The van der Waals surface area contributed by atoms with Crippen LogP contribution in [0.4, 0.5) is 0 Å². The number of ether oxygens (including phenoxy) is 3. The van der Waals surface area contributed by atoms with E-state index in [2.05, 4.69) is 44.1 Å². The average Bonchev–Trinajstić information content (AvgIpc) is 3.53. The van der Waals surface area contributed by atoms with Gasteiger partial charge in [0.1, 0.15) is 11.9 Å². The third-order valence-electron chi connectivity index (χ3n) is 14.9. The Morgan fingerprint density at radius 2 is 1.70 bits per heavy atom. The van der Waals surface area contributed by atoms with E-state index in [4.69, 9.17) is 20.6 Å². The van der Waals surface area contributed by atoms with Crippen LogP contribution < -0.4 is 4.74 Å². The normalized spacial score (nSPS) is 42.9. The SMILES string of the molecule is C#C[C@]1(OC(C)=O)CC[C@H]2[C@@H]3CC=C4C=C(O[C@H]5CC[C@H]6[C@@H]7CCc8cc(OC(C)=O)ccc8[C@H]7CC[C@]56C)CC[C@@H]4[C@H]3CC[C@@]21C. The first-order valence-corrected chi connectivity index (χ1v) is 18.6. The molecule has 5 nitrogen and oxygen atoms in total. The molecule has 0 aliphatic heterocycles. The van der Waals surface area contributed by atoms with Crippen LogP contribution in [0.15, 0.2) is 41.7 Å². The van der Waals surface area contributed by atoms with Gasteiger partial charge in [0.2, 0.25) is 0 Å². The third kappa shape index (κ3) is 4.78. The maximum absolute atomic E-state index is 12.1. The molecule has 4 fully saturated rings. The Morgan fingerprint density at radius 3 is 2.49 bits per heavy atom. The summed E-state index contributed by atoms with van der Waals surface area (Å²) in [5, 5.41) is 0. The molecule has 0 saturated heterocycles. The van der Waals surface area contributed by atoms with Crippen LogP contribution in [0, 0.1) is 58.7 Å². The van der Waals surface area contributed by atoms with Gasteiger partial charge < -0.3 is 14.2 Å². The molecule has 47 heavy (non-hydrogen) atoms. The molecule has 7 aliphatic rings. The van der Waals surface area contributed by atoms with Crippen molar-refractivity contribution in [2.45, 2.75) is 129 Å². The Kier molecular flexibility index (Phi) is 7.51. The van der Waals surface area contributed by atoms with E-state index < -0.39 is 5.60 Å². The Labute approximate surface area is 281 Å². The summed E-state index contributed by atoms with van der Waals surface area (Å²) < 4.78 is 18.4. The lowest BCUT2D eigenvalue weighted by Crippen LogP contribution is -2.53. The number of fused-ring (bicyclic) bond motifs is 10. The Hall–Kier alpha value is -3.00. The topological polar surface area (TPSA) is 61.8 Å². The van der Waals surface area contributed by atoms with E-state index in [0.717, 1.165) is 51.4 Å². The second-order valence-corrected chi connectivity index (χ2v) is 16.8. The van der Waals surface area contributed by atoms with Crippen molar-refractivity contribution in [2.24, 2.45) is 46.3 Å². The number of carbonyl (C=O) groups is 2. The molecule has 0 spiro atoms. The quantitative estimate of drug-likeness (QED) is 0.188. The zero-order chi connectivity index (χ0) is 32.7. The number of esters is 2. The molecule has 5 heteroatoms. The van der Waals surface area contributed by atoms with Gasteiger partial charge in [0.25, 0.3) is 0 Å². The molecule has 0 unspecified atom stereocenters. The number of hydrogen-bond acceptors (Lipinski definition) is 5. The van der Waals surface area contributed by atoms with Crippen molar-refractivity contribution < 1.29 is 23.8 Å². The summed E-state index contributed by atoms with van der Waals surface area (Å²) in [7, 11) is 0. The highest BCUT2D eigenvalue weighted by molar-refractivity contribution is 5.69. The number of carbonyl (C=O) groups excluding carboxylic acids is 2. The molecule has 1 aromatic carbocycles. The maximum Gasteiger partial charge on any atom is 0.308 e. The van der Waals surface area contributed by atoms with Gasteiger partial charge in [-0.15, -0.1) is 6.42 Å². The predicted molar refractivity (Wildman–Crippen MR) is 181 cm³/mol. The van der Waals surface area contributed by atoms with Gasteiger partial charge in [0.05, 0.1) is 5.76 Å². The number of hydrogen-bond donors (Lipinski definition) is 0. The lowest BCUT2D eigenvalue weighted by molar-refractivity contribution is -0.167. The molecule has 0 amide bonds. The molecule has 7 aliphatic carbocycles. The predicted octanol–water partition coefficient (Wildman–Crippen LogP) is 8.85. The highest BCUT2D eigenvalue weighted by Gasteiger charge is 2.64. The molecular weight excluding hydrogens is 584 g/mol. The van der Waals surface area contributed by atoms with Crippen LogP contribution in [0.1, 0.15) is 122 Å². The van der Waals surface area contributed by atoms with Gasteiger partial charge in [-0.05, 0) is 153 Å². The van der Waals surface area contributed by atoms with Crippen LogP contribution in [0.3, 0.4) is 0 Å². The molecule has 4 saturated carbocycles. The smallest absolute Gasteiger partial charge is 0.308 e. The summed E-state index contributed by atoms with van der Waals surface area (Å²) in [6.45, 7) is 7.82. The van der Waals surface area contributed by atoms with Crippen LogP contribution in [0.2, 0.25) is 0 Å². The van der Waals surface area contributed by atoms with Crippen molar-refractivity contribution in [3.05, 3.63) is 52.8 Å². The summed E-state index contributed by atoms with van der Waals surface area (Å²) in [5.74, 6) is 8.80. The summed E-state index contributed by atoms with van der Waals surface area (Å²) in [6.07, 6.45) is 25.9. The second-order valence-electron chi connectivity index (χ2n) is 16.8. The summed E-state index contributed by atoms with van der Waals surface area (Å²) >= 11 is 0. The van der Waals surface area contributed by atoms with Gasteiger partial charge in [-0.25, -0.2) is 0 Å². The molecule has 8 rings (SSSR count). The monoisotopic (exact) mass is 636 g/mol. The molecule has 1 aromatic rings. The number of terminal acetylenes is 1. The van der Waals surface area contributed by atoms with E-state index in [9.17, 15) is 9.59 Å². The molecule has 0 aromatic heterocycles.